The van der Waals surface area contributed by atoms with E-state index in [1.807, 2.05) is 14.1 Å². The third-order valence-electron chi connectivity index (χ3n) is 1.29. The van der Waals surface area contributed by atoms with Crippen LogP contribution in [0.25, 0.3) is 0 Å². The first-order chi connectivity index (χ1) is 3.68. The lowest BCUT2D eigenvalue weighted by Crippen LogP contribution is -2.28. The van der Waals surface area contributed by atoms with Gasteiger partial charge in [-0.25, -0.2) is 0 Å². The maximum Gasteiger partial charge on any atom is 0.0615 e. The molecule has 0 aliphatic carbocycles. The molecule has 0 aromatic heterocycles. The van der Waals surface area contributed by atoms with Crippen molar-refractivity contribution in [2.24, 2.45) is 0 Å². The van der Waals surface area contributed by atoms with Gasteiger partial charge in [-0.05, 0) is 21.0 Å². The van der Waals surface area contributed by atoms with E-state index in [-0.39, 0.29) is 0 Å². The fourth-order valence-corrected chi connectivity index (χ4v) is 0.390. The molecular weight excluding hydrogens is 102 g/mol. The molecule has 1 atom stereocenters. The molecule has 0 N–H and O–H groups in total. The van der Waals surface area contributed by atoms with Crippen molar-refractivity contribution in [3.8, 4) is 0 Å². The summed E-state index contributed by atoms with van der Waals surface area (Å²) in [5, 5.41) is 0. The summed E-state index contributed by atoms with van der Waals surface area (Å²) in [5.41, 5.74) is 0. The Hall–Kier alpha value is -0.0800. The zero-order valence-corrected chi connectivity index (χ0v) is 6.14. The zero-order valence-electron chi connectivity index (χ0n) is 6.14. The average Bonchev–Trinajstić information content (AvgIpc) is 1.67. The van der Waals surface area contributed by atoms with Gasteiger partial charge < -0.3 is 9.64 Å². The molecule has 8 heavy (non-hydrogen) atoms. The third-order valence-corrected chi connectivity index (χ3v) is 1.29. The van der Waals surface area contributed by atoms with E-state index in [4.69, 9.17) is 4.74 Å². The highest BCUT2D eigenvalue weighted by atomic mass is 16.5. The van der Waals surface area contributed by atoms with Crippen molar-refractivity contribution in [3.05, 3.63) is 0 Å². The number of likely N-dealkylation sites (N-methyl/N-ethyl adjacent to an activating group) is 1. The fourth-order valence-electron chi connectivity index (χ4n) is 0.390. The number of ether oxygens (including phenoxy) is 1. The van der Waals surface area contributed by atoms with Crippen LogP contribution in [0.1, 0.15) is 6.92 Å². The second-order valence-electron chi connectivity index (χ2n) is 2.27. The normalized spacial score (nSPS) is 14.6. The molecule has 0 fully saturated rings. The van der Waals surface area contributed by atoms with Crippen LogP contribution in [0.4, 0.5) is 0 Å². The van der Waals surface area contributed by atoms with E-state index in [9.17, 15) is 0 Å². The van der Waals surface area contributed by atoms with E-state index in [1.165, 1.54) is 0 Å². The number of nitrogens with zero attached hydrogens (tertiary/aromatic N) is 1. The molecule has 0 spiro atoms. The van der Waals surface area contributed by atoms with Gasteiger partial charge in [0.1, 0.15) is 0 Å². The fraction of sp³-hybridized carbons (Fsp3) is 1.00. The molecule has 0 amide bonds. The highest BCUT2D eigenvalue weighted by Crippen LogP contribution is 1.89. The van der Waals surface area contributed by atoms with Crippen LogP contribution in [0.2, 0.25) is 0 Å². The van der Waals surface area contributed by atoms with Crippen LogP contribution in [0.5, 0.6) is 0 Å². The molecular formula is C6H15NO. The standard InChI is InChI=1S/C6H15NO/c1-6(5-8-4)7(2)3/h6H,5H2,1-4H3/t6-/m0/s1. The largest absolute Gasteiger partial charge is 0.383 e. The molecule has 2 heteroatoms. The third kappa shape index (κ3) is 2.99. The molecule has 0 saturated carbocycles. The summed E-state index contributed by atoms with van der Waals surface area (Å²) in [6, 6.07) is 0.528. The monoisotopic (exact) mass is 117 g/mol. The smallest absolute Gasteiger partial charge is 0.0615 e. The number of rotatable bonds is 3. The van der Waals surface area contributed by atoms with Crippen LogP contribution in [0.3, 0.4) is 0 Å². The van der Waals surface area contributed by atoms with Gasteiger partial charge in [-0.15, -0.1) is 0 Å². The summed E-state index contributed by atoms with van der Waals surface area (Å²) in [4.78, 5) is 2.13. The van der Waals surface area contributed by atoms with Crippen LogP contribution < -0.4 is 0 Å². The van der Waals surface area contributed by atoms with Crippen molar-refractivity contribution in [2.75, 3.05) is 27.8 Å². The van der Waals surface area contributed by atoms with Gasteiger partial charge in [0.05, 0.1) is 6.61 Å². The first-order valence-electron chi connectivity index (χ1n) is 2.84. The Kier molecular flexibility index (Phi) is 3.83. The first kappa shape index (κ1) is 7.92. The van der Waals surface area contributed by atoms with Crippen LogP contribution in [0, 0.1) is 0 Å². The van der Waals surface area contributed by atoms with Gasteiger partial charge in [0, 0.05) is 13.2 Å². The Labute approximate surface area is 51.4 Å². The number of hydrogen-bond donors (Lipinski definition) is 0. The Balaban J connectivity index is 3.17. The first-order valence-corrected chi connectivity index (χ1v) is 2.84. The van der Waals surface area contributed by atoms with E-state index in [2.05, 4.69) is 11.8 Å². The van der Waals surface area contributed by atoms with Gasteiger partial charge in [0.15, 0.2) is 0 Å². The van der Waals surface area contributed by atoms with Crippen LogP contribution in [-0.4, -0.2) is 38.8 Å². The topological polar surface area (TPSA) is 12.5 Å². The highest BCUT2D eigenvalue weighted by Gasteiger charge is 2.00. The second-order valence-corrected chi connectivity index (χ2v) is 2.27. The SMILES string of the molecule is COC[C@H](C)N(C)C. The van der Waals surface area contributed by atoms with Crippen molar-refractivity contribution >= 4 is 0 Å². The van der Waals surface area contributed by atoms with E-state index in [0.29, 0.717) is 6.04 Å². The predicted molar refractivity (Wildman–Crippen MR) is 35.0 cm³/mol. The lowest BCUT2D eigenvalue weighted by Gasteiger charge is -2.17. The van der Waals surface area contributed by atoms with Crippen LogP contribution >= 0.6 is 0 Å². The Bertz CT molecular complexity index is 54.5. The maximum absolute atomic E-state index is 4.92. The van der Waals surface area contributed by atoms with Crippen molar-refractivity contribution in [1.29, 1.82) is 0 Å². The molecule has 0 aliphatic heterocycles. The number of methoxy groups -OCH3 is 1. The van der Waals surface area contributed by atoms with E-state index >= 15 is 0 Å². The van der Waals surface area contributed by atoms with Gasteiger partial charge in [-0.3, -0.25) is 0 Å². The molecule has 0 aromatic carbocycles. The minimum Gasteiger partial charge on any atom is -0.383 e. The second kappa shape index (κ2) is 3.87. The molecule has 0 unspecified atom stereocenters. The summed E-state index contributed by atoms with van der Waals surface area (Å²) in [7, 11) is 5.81. The predicted octanol–water partition coefficient (Wildman–Crippen LogP) is 0.583. The molecule has 2 nitrogen and oxygen atoms in total. The molecule has 0 bridgehead atoms. The van der Waals surface area contributed by atoms with E-state index in [0.717, 1.165) is 6.61 Å². The molecule has 0 radical (unpaired) electrons. The Morgan fingerprint density at radius 2 is 2.00 bits per heavy atom. The molecule has 0 rings (SSSR count). The maximum atomic E-state index is 4.92. The number of hydrogen-bond acceptors (Lipinski definition) is 2. The Morgan fingerprint density at radius 1 is 1.50 bits per heavy atom. The summed E-state index contributed by atoms with van der Waals surface area (Å²) < 4.78 is 4.92. The summed E-state index contributed by atoms with van der Waals surface area (Å²) >= 11 is 0. The Morgan fingerprint density at radius 3 is 2.12 bits per heavy atom. The summed E-state index contributed by atoms with van der Waals surface area (Å²) in [6.45, 7) is 2.94. The molecule has 0 aliphatic rings. The van der Waals surface area contributed by atoms with Gasteiger partial charge in [-0.2, -0.15) is 0 Å². The van der Waals surface area contributed by atoms with Crippen molar-refractivity contribution in [1.82, 2.24) is 4.90 Å². The minimum absolute atomic E-state index is 0.528. The zero-order chi connectivity index (χ0) is 6.57. The van der Waals surface area contributed by atoms with Crippen molar-refractivity contribution in [2.45, 2.75) is 13.0 Å². The molecule has 50 valence electrons. The molecule has 0 saturated heterocycles. The van der Waals surface area contributed by atoms with E-state index in [1.54, 1.807) is 7.11 Å². The van der Waals surface area contributed by atoms with Crippen LogP contribution in [-0.2, 0) is 4.74 Å². The lowest BCUT2D eigenvalue weighted by molar-refractivity contribution is 0.129. The minimum atomic E-state index is 0.528. The van der Waals surface area contributed by atoms with Gasteiger partial charge in [0.25, 0.3) is 0 Å². The molecule has 0 heterocycles. The summed E-state index contributed by atoms with van der Waals surface area (Å²) in [5.74, 6) is 0. The van der Waals surface area contributed by atoms with Gasteiger partial charge in [-0.1, -0.05) is 0 Å². The van der Waals surface area contributed by atoms with E-state index < -0.39 is 0 Å². The van der Waals surface area contributed by atoms with Crippen molar-refractivity contribution in [3.63, 3.8) is 0 Å². The molecule has 0 aromatic rings. The average molecular weight is 117 g/mol. The summed E-state index contributed by atoms with van der Waals surface area (Å²) in [6.07, 6.45) is 0. The highest BCUT2D eigenvalue weighted by molar-refractivity contribution is 4.55. The lowest BCUT2D eigenvalue weighted by atomic mass is 10.3. The van der Waals surface area contributed by atoms with Gasteiger partial charge in [0.2, 0.25) is 0 Å². The quantitative estimate of drug-likeness (QED) is 0.536. The van der Waals surface area contributed by atoms with Crippen LogP contribution in [0.15, 0.2) is 0 Å². The van der Waals surface area contributed by atoms with Gasteiger partial charge >= 0.3 is 0 Å². The van der Waals surface area contributed by atoms with Crippen molar-refractivity contribution < 1.29 is 4.74 Å².